The molecule has 2 N–H and O–H groups in total. The molecule has 0 amide bonds. The third kappa shape index (κ3) is 3.28. The minimum absolute atomic E-state index is 0.00407. The Morgan fingerprint density at radius 3 is 2.65 bits per heavy atom. The highest BCUT2D eigenvalue weighted by Gasteiger charge is 2.13. The van der Waals surface area contributed by atoms with Crippen LogP contribution in [0.3, 0.4) is 0 Å². The predicted octanol–water partition coefficient (Wildman–Crippen LogP) is 5.75. The van der Waals surface area contributed by atoms with Gasteiger partial charge in [0.05, 0.1) is 11.4 Å². The van der Waals surface area contributed by atoms with E-state index in [2.05, 4.69) is 28.4 Å². The molecule has 26 heavy (non-hydrogen) atoms. The van der Waals surface area contributed by atoms with E-state index in [1.165, 1.54) is 23.8 Å². The zero-order chi connectivity index (χ0) is 18.1. The molecule has 0 aliphatic heterocycles. The SMILES string of the molecule is Oc1ccc(F)cc1-c1cc(-c2ccc(C3C=CC(Cl)=CC3)cc2)[nH]n1. The molecule has 1 aliphatic carbocycles. The van der Waals surface area contributed by atoms with Gasteiger partial charge in [-0.05, 0) is 47.9 Å². The van der Waals surface area contributed by atoms with Crippen LogP contribution in [0.4, 0.5) is 4.39 Å². The van der Waals surface area contributed by atoms with Crippen molar-refractivity contribution in [2.75, 3.05) is 0 Å². The molecule has 0 saturated carbocycles. The lowest BCUT2D eigenvalue weighted by Gasteiger charge is -2.14. The van der Waals surface area contributed by atoms with Gasteiger partial charge in [0.25, 0.3) is 0 Å². The Kier molecular flexibility index (Phi) is 4.35. The Hall–Kier alpha value is -2.85. The summed E-state index contributed by atoms with van der Waals surface area (Å²) in [4.78, 5) is 0. The summed E-state index contributed by atoms with van der Waals surface area (Å²) in [7, 11) is 0. The van der Waals surface area contributed by atoms with E-state index in [-0.39, 0.29) is 5.75 Å². The molecule has 130 valence electrons. The molecule has 3 aromatic rings. The monoisotopic (exact) mass is 366 g/mol. The number of H-pyrrole nitrogens is 1. The summed E-state index contributed by atoms with van der Waals surface area (Å²) in [5.74, 6) is -0.0925. The number of phenolic OH excluding ortho intramolecular Hbond substituents is 1. The standard InChI is InChI=1S/C21H16ClFN2O/c22-16-7-5-14(6-8-16)13-1-3-15(4-2-13)19-12-20(25-24-19)18-11-17(23)9-10-21(18)26/h1-5,7-12,14,26H,6H2,(H,24,25). The third-order valence-corrected chi connectivity index (χ3v) is 4.80. The summed E-state index contributed by atoms with van der Waals surface area (Å²) in [6, 6.07) is 13.8. The van der Waals surface area contributed by atoms with Crippen LogP contribution in [0.2, 0.25) is 0 Å². The van der Waals surface area contributed by atoms with Gasteiger partial charge in [-0.1, -0.05) is 48.0 Å². The number of hydrogen-bond donors (Lipinski definition) is 2. The molecule has 0 bridgehead atoms. The highest BCUT2D eigenvalue weighted by atomic mass is 35.5. The van der Waals surface area contributed by atoms with E-state index < -0.39 is 5.82 Å². The number of phenols is 1. The Balaban J connectivity index is 1.58. The minimum atomic E-state index is -0.415. The van der Waals surface area contributed by atoms with Crippen LogP contribution >= 0.6 is 11.6 Å². The first kappa shape index (κ1) is 16.6. The molecule has 1 aromatic heterocycles. The third-order valence-electron chi connectivity index (χ3n) is 4.52. The maximum atomic E-state index is 13.4. The van der Waals surface area contributed by atoms with E-state index in [1.807, 2.05) is 24.3 Å². The van der Waals surface area contributed by atoms with Crippen LogP contribution in [0, 0.1) is 5.82 Å². The molecule has 1 atom stereocenters. The van der Waals surface area contributed by atoms with Gasteiger partial charge in [0.2, 0.25) is 0 Å². The Bertz CT molecular complexity index is 1010. The average molecular weight is 367 g/mol. The smallest absolute Gasteiger partial charge is 0.125 e. The van der Waals surface area contributed by atoms with Crippen molar-refractivity contribution >= 4 is 11.6 Å². The number of aromatic hydroxyl groups is 1. The van der Waals surface area contributed by atoms with E-state index in [0.29, 0.717) is 17.2 Å². The van der Waals surface area contributed by atoms with Crippen LogP contribution in [0.1, 0.15) is 17.9 Å². The maximum absolute atomic E-state index is 13.4. The van der Waals surface area contributed by atoms with Crippen LogP contribution in [0.15, 0.2) is 71.8 Å². The molecule has 0 saturated heterocycles. The Morgan fingerprint density at radius 1 is 1.12 bits per heavy atom. The van der Waals surface area contributed by atoms with Crippen molar-refractivity contribution < 1.29 is 9.50 Å². The van der Waals surface area contributed by atoms with Gasteiger partial charge in [-0.2, -0.15) is 5.10 Å². The van der Waals surface area contributed by atoms with E-state index in [9.17, 15) is 9.50 Å². The summed E-state index contributed by atoms with van der Waals surface area (Å²) in [5.41, 5.74) is 3.85. The van der Waals surface area contributed by atoms with Gasteiger partial charge >= 0.3 is 0 Å². The van der Waals surface area contributed by atoms with Gasteiger partial charge in [-0.15, -0.1) is 0 Å². The Morgan fingerprint density at radius 2 is 1.92 bits per heavy atom. The van der Waals surface area contributed by atoms with E-state index in [1.54, 1.807) is 6.07 Å². The average Bonchev–Trinajstić information content (AvgIpc) is 3.14. The summed E-state index contributed by atoms with van der Waals surface area (Å²) in [5, 5.41) is 17.9. The topological polar surface area (TPSA) is 48.9 Å². The molecule has 3 nitrogen and oxygen atoms in total. The van der Waals surface area contributed by atoms with Crippen molar-refractivity contribution in [3.8, 4) is 28.3 Å². The molecule has 0 spiro atoms. The second-order valence-electron chi connectivity index (χ2n) is 6.24. The lowest BCUT2D eigenvalue weighted by Crippen LogP contribution is -1.97. The van der Waals surface area contributed by atoms with Crippen molar-refractivity contribution in [3.63, 3.8) is 0 Å². The predicted molar refractivity (Wildman–Crippen MR) is 102 cm³/mol. The van der Waals surface area contributed by atoms with E-state index >= 15 is 0 Å². The molecular weight excluding hydrogens is 351 g/mol. The van der Waals surface area contributed by atoms with Crippen LogP contribution < -0.4 is 0 Å². The van der Waals surface area contributed by atoms with Crippen LogP contribution in [0.5, 0.6) is 5.75 Å². The number of hydrogen-bond acceptors (Lipinski definition) is 2. The fraction of sp³-hybridized carbons (Fsp3) is 0.0952. The van der Waals surface area contributed by atoms with Crippen molar-refractivity contribution in [1.82, 2.24) is 10.2 Å². The summed E-state index contributed by atoms with van der Waals surface area (Å²) in [6.07, 6.45) is 6.95. The molecule has 1 unspecified atom stereocenters. The van der Waals surface area contributed by atoms with E-state index in [4.69, 9.17) is 11.6 Å². The molecule has 5 heteroatoms. The van der Waals surface area contributed by atoms with Gasteiger partial charge in [0.15, 0.2) is 0 Å². The number of nitrogens with zero attached hydrogens (tertiary/aromatic N) is 1. The molecule has 4 rings (SSSR count). The second kappa shape index (κ2) is 6.81. The summed E-state index contributed by atoms with van der Waals surface area (Å²) < 4.78 is 13.4. The molecular formula is C21H16ClFN2O. The molecule has 2 aromatic carbocycles. The first-order valence-corrected chi connectivity index (χ1v) is 8.66. The molecule has 1 aliphatic rings. The van der Waals surface area contributed by atoms with Gasteiger partial charge in [-0.3, -0.25) is 5.10 Å². The van der Waals surface area contributed by atoms with Crippen molar-refractivity contribution in [2.24, 2.45) is 0 Å². The van der Waals surface area contributed by atoms with Gasteiger partial charge in [0.1, 0.15) is 11.6 Å². The van der Waals surface area contributed by atoms with Gasteiger partial charge < -0.3 is 5.11 Å². The second-order valence-corrected chi connectivity index (χ2v) is 6.68. The molecule has 1 heterocycles. The largest absolute Gasteiger partial charge is 0.507 e. The summed E-state index contributed by atoms with van der Waals surface area (Å²) in [6.45, 7) is 0. The normalized spacial score (nSPS) is 16.5. The first-order valence-electron chi connectivity index (χ1n) is 8.28. The lowest BCUT2D eigenvalue weighted by atomic mass is 9.91. The number of halogens is 2. The Labute approximate surface area is 155 Å². The number of nitrogens with one attached hydrogen (secondary N) is 1. The van der Waals surface area contributed by atoms with Crippen LogP contribution in [0.25, 0.3) is 22.5 Å². The van der Waals surface area contributed by atoms with E-state index in [0.717, 1.165) is 22.7 Å². The van der Waals surface area contributed by atoms with Crippen molar-refractivity contribution in [1.29, 1.82) is 0 Å². The van der Waals surface area contributed by atoms with Crippen LogP contribution in [-0.2, 0) is 0 Å². The highest BCUT2D eigenvalue weighted by molar-refractivity contribution is 6.31. The fourth-order valence-electron chi connectivity index (χ4n) is 3.07. The van der Waals surface area contributed by atoms with Gasteiger partial charge in [-0.25, -0.2) is 4.39 Å². The molecule has 0 fully saturated rings. The highest BCUT2D eigenvalue weighted by Crippen LogP contribution is 2.32. The number of benzene rings is 2. The zero-order valence-electron chi connectivity index (χ0n) is 13.8. The fourth-order valence-corrected chi connectivity index (χ4v) is 3.23. The number of aromatic amines is 1. The van der Waals surface area contributed by atoms with Crippen molar-refractivity contribution in [2.45, 2.75) is 12.3 Å². The number of aromatic nitrogens is 2. The quantitative estimate of drug-likeness (QED) is 0.619. The summed E-state index contributed by atoms with van der Waals surface area (Å²) >= 11 is 5.97. The maximum Gasteiger partial charge on any atom is 0.125 e. The minimum Gasteiger partial charge on any atom is -0.507 e. The molecule has 0 radical (unpaired) electrons. The zero-order valence-corrected chi connectivity index (χ0v) is 14.5. The first-order chi connectivity index (χ1) is 12.6. The van der Waals surface area contributed by atoms with Crippen molar-refractivity contribution in [3.05, 3.63) is 83.2 Å². The number of rotatable bonds is 3. The van der Waals surface area contributed by atoms with Crippen LogP contribution in [-0.4, -0.2) is 15.3 Å². The van der Waals surface area contributed by atoms with Gasteiger partial charge in [0, 0.05) is 16.5 Å². The number of allylic oxidation sites excluding steroid dienone is 4. The lowest BCUT2D eigenvalue weighted by molar-refractivity contribution is 0.475.